The second kappa shape index (κ2) is 9.78. The Bertz CT molecular complexity index is 806. The van der Waals surface area contributed by atoms with E-state index in [1.165, 1.54) is 11.3 Å². The highest BCUT2D eigenvalue weighted by atomic mass is 16.1. The average Bonchev–Trinajstić information content (AvgIpc) is 2.73. The molecule has 28 heavy (non-hydrogen) atoms. The van der Waals surface area contributed by atoms with Gasteiger partial charge >= 0.3 is 0 Å². The summed E-state index contributed by atoms with van der Waals surface area (Å²) in [5, 5.41) is 9.67. The molecule has 6 nitrogen and oxygen atoms in total. The molecule has 1 amide bonds. The Morgan fingerprint density at radius 2 is 1.89 bits per heavy atom. The number of fused-ring (bicyclic) bond motifs is 1. The van der Waals surface area contributed by atoms with Gasteiger partial charge in [0.05, 0.1) is 0 Å². The molecule has 0 saturated carbocycles. The summed E-state index contributed by atoms with van der Waals surface area (Å²) >= 11 is 0. The van der Waals surface area contributed by atoms with E-state index < -0.39 is 0 Å². The van der Waals surface area contributed by atoms with Crippen LogP contribution >= 0.6 is 0 Å². The highest BCUT2D eigenvalue weighted by Gasteiger charge is 2.24. The van der Waals surface area contributed by atoms with Gasteiger partial charge in [-0.3, -0.25) is 9.79 Å². The van der Waals surface area contributed by atoms with E-state index in [-0.39, 0.29) is 11.8 Å². The zero-order valence-corrected chi connectivity index (χ0v) is 16.6. The van der Waals surface area contributed by atoms with Gasteiger partial charge in [-0.15, -0.1) is 0 Å². The van der Waals surface area contributed by atoms with Gasteiger partial charge in [-0.25, -0.2) is 0 Å². The summed E-state index contributed by atoms with van der Waals surface area (Å²) in [6, 6.07) is 18.4. The second-order valence-electron chi connectivity index (χ2n) is 7.03. The number of carbonyl (C=O) groups is 1. The first-order valence-corrected chi connectivity index (χ1v) is 9.77. The summed E-state index contributed by atoms with van der Waals surface area (Å²) in [5.74, 6) is 0.982. The van der Waals surface area contributed by atoms with Crippen LogP contribution in [0.1, 0.15) is 24.3 Å². The van der Waals surface area contributed by atoms with Crippen LogP contribution in [-0.2, 0) is 4.79 Å². The minimum Gasteiger partial charge on any atom is -0.375 e. The van der Waals surface area contributed by atoms with E-state index in [0.717, 1.165) is 31.2 Å². The van der Waals surface area contributed by atoms with Crippen LogP contribution in [0.2, 0.25) is 0 Å². The van der Waals surface area contributed by atoms with Crippen molar-refractivity contribution in [1.29, 1.82) is 0 Å². The van der Waals surface area contributed by atoms with Crippen LogP contribution in [0.3, 0.4) is 0 Å². The Kier molecular flexibility index (Phi) is 6.89. The maximum absolute atomic E-state index is 12.0. The van der Waals surface area contributed by atoms with Crippen LogP contribution in [0.15, 0.2) is 59.6 Å². The Balaban J connectivity index is 1.43. The SMILES string of the molecule is CN=C(NCCCN(C)c1ccccc1)NCC1CC(=O)Nc2ccccc21. The molecule has 1 unspecified atom stereocenters. The zero-order chi connectivity index (χ0) is 19.8. The molecular formula is C22H29N5O. The Morgan fingerprint density at radius 3 is 2.68 bits per heavy atom. The van der Waals surface area contributed by atoms with Crippen LogP contribution in [0.25, 0.3) is 0 Å². The minimum absolute atomic E-state index is 0.0670. The van der Waals surface area contributed by atoms with Gasteiger partial charge < -0.3 is 20.9 Å². The summed E-state index contributed by atoms with van der Waals surface area (Å²) in [6.45, 7) is 2.47. The summed E-state index contributed by atoms with van der Waals surface area (Å²) in [6.07, 6.45) is 1.49. The van der Waals surface area contributed by atoms with Gasteiger partial charge in [0.2, 0.25) is 5.91 Å². The fourth-order valence-corrected chi connectivity index (χ4v) is 3.46. The lowest BCUT2D eigenvalue weighted by Crippen LogP contribution is -2.41. The first-order valence-electron chi connectivity index (χ1n) is 9.77. The van der Waals surface area contributed by atoms with Crippen LogP contribution in [0.4, 0.5) is 11.4 Å². The Hall–Kier alpha value is -3.02. The average molecular weight is 380 g/mol. The molecule has 2 aromatic rings. The van der Waals surface area contributed by atoms with Gasteiger partial charge in [0.25, 0.3) is 0 Å². The standard InChI is InChI=1S/C22H29N5O/c1-23-22(24-13-8-14-27(2)18-9-4-3-5-10-18)25-16-17-15-21(28)26-20-12-7-6-11-19(17)20/h3-7,9-12,17H,8,13-16H2,1-2H3,(H,26,28)(H2,23,24,25). The third-order valence-corrected chi connectivity index (χ3v) is 5.01. The van der Waals surface area contributed by atoms with Gasteiger partial charge in [0.1, 0.15) is 0 Å². The number of hydrogen-bond acceptors (Lipinski definition) is 3. The molecule has 1 atom stereocenters. The fourth-order valence-electron chi connectivity index (χ4n) is 3.46. The van der Waals surface area contributed by atoms with Crippen molar-refractivity contribution in [1.82, 2.24) is 10.6 Å². The number of nitrogens with zero attached hydrogens (tertiary/aromatic N) is 2. The summed E-state index contributed by atoms with van der Waals surface area (Å²) in [5.41, 5.74) is 3.31. The third-order valence-electron chi connectivity index (χ3n) is 5.01. The molecule has 1 aliphatic rings. The van der Waals surface area contributed by atoms with E-state index in [1.807, 2.05) is 24.3 Å². The fraction of sp³-hybridized carbons (Fsp3) is 0.364. The van der Waals surface area contributed by atoms with E-state index in [9.17, 15) is 4.79 Å². The van der Waals surface area contributed by atoms with Crippen molar-refractivity contribution < 1.29 is 4.79 Å². The molecule has 6 heteroatoms. The molecule has 148 valence electrons. The Morgan fingerprint density at radius 1 is 1.14 bits per heavy atom. The monoisotopic (exact) mass is 379 g/mol. The van der Waals surface area contributed by atoms with Crippen molar-refractivity contribution in [2.75, 3.05) is 43.9 Å². The largest absolute Gasteiger partial charge is 0.375 e. The number of para-hydroxylation sites is 2. The van der Waals surface area contributed by atoms with E-state index in [1.54, 1.807) is 7.05 Å². The van der Waals surface area contributed by atoms with Crippen molar-refractivity contribution in [2.45, 2.75) is 18.8 Å². The molecule has 0 spiro atoms. The molecule has 0 radical (unpaired) electrons. The lowest BCUT2D eigenvalue weighted by molar-refractivity contribution is -0.116. The summed E-state index contributed by atoms with van der Waals surface area (Å²) < 4.78 is 0. The van der Waals surface area contributed by atoms with Crippen molar-refractivity contribution in [3.05, 3.63) is 60.2 Å². The number of nitrogens with one attached hydrogen (secondary N) is 3. The molecule has 0 fully saturated rings. The van der Waals surface area contributed by atoms with Crippen LogP contribution in [0, 0.1) is 0 Å². The van der Waals surface area contributed by atoms with Crippen LogP contribution < -0.4 is 20.9 Å². The first kappa shape index (κ1) is 19.7. The predicted molar refractivity (Wildman–Crippen MR) is 116 cm³/mol. The number of amides is 1. The van der Waals surface area contributed by atoms with E-state index in [2.05, 4.69) is 63.2 Å². The first-order chi connectivity index (χ1) is 13.7. The summed E-state index contributed by atoms with van der Waals surface area (Å²) in [4.78, 5) is 18.5. The normalized spacial score (nSPS) is 16.1. The topological polar surface area (TPSA) is 68.8 Å². The van der Waals surface area contributed by atoms with Crippen LogP contribution in [-0.4, -0.2) is 45.6 Å². The molecule has 0 aromatic heterocycles. The van der Waals surface area contributed by atoms with Gasteiger partial charge in [0.15, 0.2) is 5.96 Å². The highest BCUT2D eigenvalue weighted by molar-refractivity contribution is 5.94. The van der Waals surface area contributed by atoms with Gasteiger partial charge in [-0.1, -0.05) is 36.4 Å². The zero-order valence-electron chi connectivity index (χ0n) is 16.6. The molecule has 0 bridgehead atoms. The van der Waals surface area contributed by atoms with Crippen molar-refractivity contribution in [3.63, 3.8) is 0 Å². The molecule has 1 aliphatic heterocycles. The maximum atomic E-state index is 12.0. The maximum Gasteiger partial charge on any atom is 0.225 e. The predicted octanol–water partition coefficient (Wildman–Crippen LogP) is 2.80. The van der Waals surface area contributed by atoms with E-state index in [0.29, 0.717) is 13.0 Å². The number of hydrogen-bond donors (Lipinski definition) is 3. The highest BCUT2D eigenvalue weighted by Crippen LogP contribution is 2.31. The molecular weight excluding hydrogens is 350 g/mol. The second-order valence-corrected chi connectivity index (χ2v) is 7.03. The number of aliphatic imine (C=N–C) groups is 1. The number of guanidine groups is 1. The molecule has 0 saturated heterocycles. The number of anilines is 2. The lowest BCUT2D eigenvalue weighted by atomic mass is 9.90. The molecule has 3 N–H and O–H groups in total. The van der Waals surface area contributed by atoms with Crippen molar-refractivity contribution in [2.24, 2.45) is 4.99 Å². The minimum atomic E-state index is 0.0670. The third kappa shape index (κ3) is 5.25. The molecule has 0 aliphatic carbocycles. The smallest absolute Gasteiger partial charge is 0.225 e. The van der Waals surface area contributed by atoms with E-state index >= 15 is 0 Å². The lowest BCUT2D eigenvalue weighted by Gasteiger charge is -2.26. The van der Waals surface area contributed by atoms with Gasteiger partial charge in [-0.2, -0.15) is 0 Å². The van der Waals surface area contributed by atoms with E-state index in [4.69, 9.17) is 0 Å². The summed E-state index contributed by atoms with van der Waals surface area (Å²) in [7, 11) is 3.88. The molecule has 2 aromatic carbocycles. The van der Waals surface area contributed by atoms with Crippen molar-refractivity contribution >= 4 is 23.2 Å². The number of carbonyl (C=O) groups excluding carboxylic acids is 1. The molecule has 1 heterocycles. The van der Waals surface area contributed by atoms with Gasteiger partial charge in [0, 0.05) is 57.4 Å². The quantitative estimate of drug-likeness (QED) is 0.393. The van der Waals surface area contributed by atoms with Crippen LogP contribution in [0.5, 0.6) is 0 Å². The molecule has 3 rings (SSSR count). The number of benzene rings is 2. The van der Waals surface area contributed by atoms with Gasteiger partial charge in [-0.05, 0) is 30.2 Å². The Labute approximate surface area is 167 Å². The van der Waals surface area contributed by atoms with Crippen molar-refractivity contribution in [3.8, 4) is 0 Å². The number of rotatable bonds is 7.